The number of piperidine rings is 1. The number of carbonyl (C=O) groups excluding carboxylic acids is 1. The summed E-state index contributed by atoms with van der Waals surface area (Å²) in [6.07, 6.45) is 9.91. The molecule has 1 saturated heterocycles. The molecule has 1 aliphatic rings. The Hall–Kier alpha value is -5.10. The van der Waals surface area contributed by atoms with E-state index in [1.807, 2.05) is 19.1 Å². The lowest BCUT2D eigenvalue weighted by Gasteiger charge is -2.31. The topological polar surface area (TPSA) is 123 Å². The molecule has 12 heteroatoms. The van der Waals surface area contributed by atoms with Gasteiger partial charge in [-0.05, 0) is 37.6 Å². The van der Waals surface area contributed by atoms with Gasteiger partial charge in [-0.15, -0.1) is 0 Å². The highest BCUT2D eigenvalue weighted by Gasteiger charge is 2.24. The highest BCUT2D eigenvalue weighted by Crippen LogP contribution is 2.37. The summed E-state index contributed by atoms with van der Waals surface area (Å²) in [4.78, 5) is 26.9. The molecule has 0 aliphatic carbocycles. The summed E-state index contributed by atoms with van der Waals surface area (Å²) >= 11 is 1.26. The van der Waals surface area contributed by atoms with Crippen molar-refractivity contribution in [1.82, 2.24) is 19.9 Å². The summed E-state index contributed by atoms with van der Waals surface area (Å²) in [5.41, 5.74) is 3.23. The Labute approximate surface area is 270 Å². The van der Waals surface area contributed by atoms with Gasteiger partial charge in [-0.3, -0.25) is 4.79 Å². The van der Waals surface area contributed by atoms with Crippen LogP contribution >= 0.6 is 11.3 Å². The van der Waals surface area contributed by atoms with Gasteiger partial charge in [0, 0.05) is 60.6 Å². The number of fused-ring (bicyclic) bond motifs is 1. The molecule has 1 aliphatic heterocycles. The number of anilines is 2. The number of benzene rings is 2. The van der Waals surface area contributed by atoms with E-state index in [2.05, 4.69) is 33.8 Å². The van der Waals surface area contributed by atoms with Gasteiger partial charge >= 0.3 is 0 Å². The molecule has 0 saturated carbocycles. The number of hydrogen-bond donors (Lipinski definition) is 2. The third-order valence-corrected chi connectivity index (χ3v) is 8.30. The van der Waals surface area contributed by atoms with Crippen LogP contribution in [0.25, 0.3) is 16.5 Å². The van der Waals surface area contributed by atoms with Crippen molar-refractivity contribution >= 4 is 51.4 Å². The minimum absolute atomic E-state index is 0.0880. The number of nitrogens with one attached hydrogen (secondary N) is 2. The number of methoxy groups -OCH3 is 1. The molecule has 1 fully saturated rings. The van der Waals surface area contributed by atoms with E-state index < -0.39 is 5.82 Å². The van der Waals surface area contributed by atoms with Crippen molar-refractivity contribution in [2.45, 2.75) is 39.2 Å². The number of carbonyl (C=O) groups is 1. The van der Waals surface area contributed by atoms with Crippen molar-refractivity contribution in [2.24, 2.45) is 0 Å². The number of allylic oxidation sites excluding steroid dienone is 4. The van der Waals surface area contributed by atoms with Gasteiger partial charge in [0.2, 0.25) is 5.91 Å². The molecule has 2 N–H and O–H groups in total. The Kier molecular flexibility index (Phi) is 10.4. The number of aromatic nitrogens is 3. The molecule has 0 spiro atoms. The van der Waals surface area contributed by atoms with Crippen molar-refractivity contribution < 1.29 is 23.4 Å². The quantitative estimate of drug-likeness (QED) is 0.0915. The Morgan fingerprint density at radius 1 is 1.20 bits per heavy atom. The standard InChI is InChI=1S/C34H35FN6O4S/c1-5-21(3)7-8-22(18-36)29-19-46-34(40-29)45-24-9-10-27(26(35)15-24)39-33-25-16-31(30(43-4)17-28(25)37-20-38-33)44-23-11-13-41(14-12-23)32(42)6-2/h6-10,15-20,23,36H,2,5,11-14H2,1,3-4H3,(H,37,38,39)/b21-7+,22-8+,36-18?. The molecule has 46 heavy (non-hydrogen) atoms. The van der Waals surface area contributed by atoms with Gasteiger partial charge in [-0.2, -0.15) is 0 Å². The van der Waals surface area contributed by atoms with Crippen LogP contribution in [0, 0.1) is 11.2 Å². The third-order valence-electron chi connectivity index (χ3n) is 7.58. The molecule has 10 nitrogen and oxygen atoms in total. The lowest BCUT2D eigenvalue weighted by molar-refractivity contribution is -0.127. The molecule has 1 amide bonds. The lowest BCUT2D eigenvalue weighted by atomic mass is 10.1. The molecular weight excluding hydrogens is 607 g/mol. The SMILES string of the molecule is C=CC(=O)N1CCC(Oc2cc3c(Nc4ccc(Oc5nc(/C(C=N)=C/C=C(\C)CC)cs5)cc4F)ncnc3cc2OC)CC1. The van der Waals surface area contributed by atoms with E-state index in [-0.39, 0.29) is 23.4 Å². The molecule has 0 radical (unpaired) electrons. The number of hydrogen-bond acceptors (Lipinski definition) is 10. The average molecular weight is 643 g/mol. The summed E-state index contributed by atoms with van der Waals surface area (Å²) in [6, 6.07) is 8.01. The largest absolute Gasteiger partial charge is 0.493 e. The first-order chi connectivity index (χ1) is 22.3. The molecule has 2 aromatic heterocycles. The predicted molar refractivity (Wildman–Crippen MR) is 179 cm³/mol. The summed E-state index contributed by atoms with van der Waals surface area (Å²) in [7, 11) is 1.56. The second-order valence-corrected chi connectivity index (χ2v) is 11.4. The zero-order valence-corrected chi connectivity index (χ0v) is 26.7. The Morgan fingerprint density at radius 2 is 2.00 bits per heavy atom. The number of halogens is 1. The van der Waals surface area contributed by atoms with E-state index in [1.165, 1.54) is 41.6 Å². The van der Waals surface area contributed by atoms with E-state index in [4.69, 9.17) is 19.6 Å². The summed E-state index contributed by atoms with van der Waals surface area (Å²) in [5, 5.41) is 13.6. The van der Waals surface area contributed by atoms with Crippen molar-refractivity contribution in [2.75, 3.05) is 25.5 Å². The van der Waals surface area contributed by atoms with Crippen LogP contribution in [-0.2, 0) is 4.79 Å². The van der Waals surface area contributed by atoms with E-state index >= 15 is 4.39 Å². The van der Waals surface area contributed by atoms with Crippen LogP contribution in [0.3, 0.4) is 0 Å². The zero-order valence-electron chi connectivity index (χ0n) is 25.9. The number of amides is 1. The van der Waals surface area contributed by atoms with E-state index in [9.17, 15) is 4.79 Å². The number of ether oxygens (including phenoxy) is 3. The fraction of sp³-hybridized carbons (Fsp3) is 0.265. The molecule has 238 valence electrons. The van der Waals surface area contributed by atoms with E-state index in [0.717, 1.165) is 6.42 Å². The number of likely N-dealkylation sites (tertiary alicyclic amines) is 1. The lowest BCUT2D eigenvalue weighted by Crippen LogP contribution is -2.41. The van der Waals surface area contributed by atoms with Crippen LogP contribution < -0.4 is 19.5 Å². The van der Waals surface area contributed by atoms with Crippen molar-refractivity contribution in [3.8, 4) is 22.4 Å². The molecular formula is C34H35FN6O4S. The van der Waals surface area contributed by atoms with Crippen LogP contribution in [0.5, 0.6) is 22.4 Å². The van der Waals surface area contributed by atoms with Gasteiger partial charge < -0.3 is 29.8 Å². The Bertz CT molecular complexity index is 1810. The maximum absolute atomic E-state index is 15.3. The van der Waals surface area contributed by atoms with Crippen molar-refractivity contribution in [3.05, 3.63) is 83.9 Å². The van der Waals surface area contributed by atoms with E-state index in [1.54, 1.807) is 41.7 Å². The zero-order chi connectivity index (χ0) is 32.6. The number of thiazole rings is 1. The van der Waals surface area contributed by atoms with Crippen molar-refractivity contribution in [3.63, 3.8) is 0 Å². The fourth-order valence-electron chi connectivity index (χ4n) is 4.80. The smallest absolute Gasteiger partial charge is 0.279 e. The molecule has 0 bridgehead atoms. The summed E-state index contributed by atoms with van der Waals surface area (Å²) in [6.45, 7) is 8.80. The summed E-state index contributed by atoms with van der Waals surface area (Å²) < 4.78 is 33.1. The third kappa shape index (κ3) is 7.57. The van der Waals surface area contributed by atoms with Gasteiger partial charge in [0.15, 0.2) is 11.5 Å². The normalized spacial score (nSPS) is 14.2. The summed E-state index contributed by atoms with van der Waals surface area (Å²) in [5.74, 6) is 1.04. The van der Waals surface area contributed by atoms with Crippen LogP contribution in [-0.4, -0.2) is 58.3 Å². The molecule has 2 aromatic carbocycles. The van der Waals surface area contributed by atoms with Crippen LogP contribution in [0.4, 0.5) is 15.9 Å². The van der Waals surface area contributed by atoms with E-state index in [0.29, 0.717) is 70.6 Å². The maximum Gasteiger partial charge on any atom is 0.279 e. The van der Waals surface area contributed by atoms with Crippen LogP contribution in [0.2, 0.25) is 0 Å². The molecule has 5 rings (SSSR count). The first-order valence-corrected chi connectivity index (χ1v) is 15.7. The first-order valence-electron chi connectivity index (χ1n) is 14.8. The fourth-order valence-corrected chi connectivity index (χ4v) is 5.50. The number of nitrogens with zero attached hydrogens (tertiary/aromatic N) is 4. The maximum atomic E-state index is 15.3. The van der Waals surface area contributed by atoms with Crippen LogP contribution in [0.15, 0.2) is 72.4 Å². The highest BCUT2D eigenvalue weighted by molar-refractivity contribution is 7.11. The first kappa shape index (κ1) is 32.3. The van der Waals surface area contributed by atoms with Crippen molar-refractivity contribution in [1.29, 1.82) is 5.41 Å². The second kappa shape index (κ2) is 14.8. The van der Waals surface area contributed by atoms with Gasteiger partial charge in [0.05, 0.1) is 24.0 Å². The Morgan fingerprint density at radius 3 is 2.70 bits per heavy atom. The highest BCUT2D eigenvalue weighted by atomic mass is 32.1. The Balaban J connectivity index is 1.32. The molecule has 0 unspecified atom stereocenters. The molecule has 4 aromatic rings. The second-order valence-electron chi connectivity index (χ2n) is 10.6. The predicted octanol–water partition coefficient (Wildman–Crippen LogP) is 7.71. The minimum Gasteiger partial charge on any atom is -0.493 e. The minimum atomic E-state index is -0.549. The van der Waals surface area contributed by atoms with Crippen LogP contribution in [0.1, 0.15) is 38.8 Å². The van der Waals surface area contributed by atoms with Gasteiger partial charge in [-0.25, -0.2) is 19.3 Å². The molecule has 3 heterocycles. The number of rotatable bonds is 12. The van der Waals surface area contributed by atoms with Gasteiger partial charge in [-0.1, -0.05) is 42.6 Å². The molecule has 0 atom stereocenters. The van der Waals surface area contributed by atoms with Gasteiger partial charge in [0.25, 0.3) is 5.19 Å². The van der Waals surface area contributed by atoms with Gasteiger partial charge in [0.1, 0.15) is 29.8 Å². The average Bonchev–Trinajstić information content (AvgIpc) is 3.54. The monoisotopic (exact) mass is 642 g/mol.